The molecule has 2 aliphatic rings. The second-order valence-corrected chi connectivity index (χ2v) is 12.4. The van der Waals surface area contributed by atoms with E-state index < -0.39 is 84.8 Å². The summed E-state index contributed by atoms with van der Waals surface area (Å²) in [4.78, 5) is 12.2. The zero-order chi connectivity index (χ0) is 31.2. The number of nitrogens with one attached hydrogen (secondary N) is 1. The lowest BCUT2D eigenvalue weighted by molar-refractivity contribution is -0.341. The summed E-state index contributed by atoms with van der Waals surface area (Å²) >= 11 is 2.46. The van der Waals surface area contributed by atoms with E-state index in [2.05, 4.69) is 15.0 Å². The van der Waals surface area contributed by atoms with Gasteiger partial charge in [-0.1, -0.05) is 0 Å². The van der Waals surface area contributed by atoms with Gasteiger partial charge in [-0.15, -0.1) is 11.3 Å². The van der Waals surface area contributed by atoms with E-state index in [1.54, 1.807) is 5.38 Å². The average molecular weight is 662 g/mol. The van der Waals surface area contributed by atoms with E-state index in [4.69, 9.17) is 30.8 Å². The standard InChI is InChI=1S/C20H35N7O12S3/c21-19(22)26-20-24-7(5-41-20)1-2-40-6-10(27-42(23,35)36)25-17-14(33)13(32)16(9(4-29)37-17)39-18-15(34)12(31)11(30)8(3-28)38-18/h5,8-9,11-18,28-34H,1-4,6H2,(H,25,27)(H2,23,35,36)(H4,21,22,24,26)/t8-,9-,11+,12+,13-,14-,15-,16-,17?,18+/m1/s1. The monoisotopic (exact) mass is 661 g/mol. The summed E-state index contributed by atoms with van der Waals surface area (Å²) in [5.41, 5.74) is 11.4. The molecule has 22 heteroatoms. The molecule has 42 heavy (non-hydrogen) atoms. The second kappa shape index (κ2) is 15.3. The zero-order valence-electron chi connectivity index (χ0n) is 21.9. The van der Waals surface area contributed by atoms with Crippen molar-refractivity contribution in [3.8, 4) is 0 Å². The van der Waals surface area contributed by atoms with Crippen LogP contribution in [-0.4, -0.2) is 147 Å². The molecule has 1 aromatic heterocycles. The molecule has 10 atom stereocenters. The number of aliphatic hydroxyl groups excluding tert-OH is 7. The Morgan fingerprint density at radius 3 is 2.36 bits per heavy atom. The Morgan fingerprint density at radius 2 is 1.74 bits per heavy atom. The number of aromatic nitrogens is 1. The Morgan fingerprint density at radius 1 is 1.05 bits per heavy atom. The summed E-state index contributed by atoms with van der Waals surface area (Å²) in [6, 6.07) is 0. The maximum atomic E-state index is 11.7. The maximum absolute atomic E-state index is 11.7. The van der Waals surface area contributed by atoms with E-state index in [1.165, 1.54) is 23.1 Å². The molecule has 0 spiro atoms. The average Bonchev–Trinajstić information content (AvgIpc) is 3.36. The largest absolute Gasteiger partial charge is 0.394 e. The third-order valence-electron chi connectivity index (χ3n) is 6.03. The van der Waals surface area contributed by atoms with Crippen LogP contribution in [0.1, 0.15) is 5.69 Å². The number of ether oxygens (including phenoxy) is 3. The van der Waals surface area contributed by atoms with Crippen LogP contribution in [0.25, 0.3) is 0 Å². The van der Waals surface area contributed by atoms with Crippen LogP contribution in [-0.2, 0) is 30.8 Å². The third-order valence-corrected chi connectivity index (χ3v) is 8.30. The number of guanidine groups is 1. The minimum atomic E-state index is -4.30. The van der Waals surface area contributed by atoms with Crippen molar-refractivity contribution in [2.24, 2.45) is 26.6 Å². The van der Waals surface area contributed by atoms with Gasteiger partial charge in [0.2, 0.25) is 5.13 Å². The highest BCUT2D eigenvalue weighted by molar-refractivity contribution is 8.00. The molecule has 2 aliphatic heterocycles. The molecule has 0 saturated carbocycles. The van der Waals surface area contributed by atoms with Gasteiger partial charge in [-0.3, -0.25) is 4.72 Å². The van der Waals surface area contributed by atoms with E-state index in [1.807, 2.05) is 4.72 Å². The van der Waals surface area contributed by atoms with Gasteiger partial charge in [-0.2, -0.15) is 25.2 Å². The predicted molar refractivity (Wildman–Crippen MR) is 149 cm³/mol. The Bertz CT molecular complexity index is 1180. The van der Waals surface area contributed by atoms with Crippen LogP contribution in [0.2, 0.25) is 0 Å². The molecule has 19 nitrogen and oxygen atoms in total. The first-order valence-corrected chi connectivity index (χ1v) is 15.9. The Labute approximate surface area is 248 Å². The molecule has 0 bridgehead atoms. The maximum Gasteiger partial charge on any atom is 0.297 e. The molecular formula is C20H35N7O12S3. The first kappa shape index (κ1) is 34.7. The van der Waals surface area contributed by atoms with Crippen LogP contribution in [0.5, 0.6) is 0 Å². The van der Waals surface area contributed by atoms with Crippen molar-refractivity contribution in [3.05, 3.63) is 11.1 Å². The number of amidine groups is 1. The first-order valence-electron chi connectivity index (χ1n) is 12.3. The Hall–Kier alpha value is -1.77. The molecule has 3 heterocycles. The molecule has 1 aromatic rings. The lowest BCUT2D eigenvalue weighted by atomic mass is 9.96. The normalized spacial score (nSPS) is 34.2. The van der Waals surface area contributed by atoms with E-state index >= 15 is 0 Å². The van der Waals surface area contributed by atoms with Crippen LogP contribution in [0.15, 0.2) is 15.4 Å². The molecule has 240 valence electrons. The quantitative estimate of drug-likeness (QED) is 0.0564. The third kappa shape index (κ3) is 9.36. The summed E-state index contributed by atoms with van der Waals surface area (Å²) in [6.45, 7) is -1.53. The van der Waals surface area contributed by atoms with Crippen molar-refractivity contribution in [2.45, 2.75) is 67.8 Å². The smallest absolute Gasteiger partial charge is 0.297 e. The fourth-order valence-corrected chi connectivity index (χ4v) is 6.13. The van der Waals surface area contributed by atoms with Crippen molar-refractivity contribution in [1.29, 1.82) is 0 Å². The minimum Gasteiger partial charge on any atom is -0.394 e. The van der Waals surface area contributed by atoms with Crippen molar-refractivity contribution < 1.29 is 58.4 Å². The van der Waals surface area contributed by atoms with Gasteiger partial charge in [0.15, 0.2) is 18.5 Å². The lowest BCUT2D eigenvalue weighted by Crippen LogP contribution is -2.64. The number of aliphatic imine (C=N–C) groups is 2. The highest BCUT2D eigenvalue weighted by Gasteiger charge is 2.50. The van der Waals surface area contributed by atoms with Crippen molar-refractivity contribution in [2.75, 3.05) is 24.7 Å². The number of hydrogen-bond acceptors (Lipinski definition) is 17. The van der Waals surface area contributed by atoms with Crippen LogP contribution < -0.4 is 21.3 Å². The summed E-state index contributed by atoms with van der Waals surface area (Å²) in [5.74, 6) is 0.0238. The molecule has 0 aliphatic carbocycles. The van der Waals surface area contributed by atoms with Crippen LogP contribution in [0.4, 0.5) is 5.13 Å². The van der Waals surface area contributed by atoms with E-state index in [0.29, 0.717) is 23.0 Å². The van der Waals surface area contributed by atoms with Gasteiger partial charge in [0.25, 0.3) is 10.2 Å². The number of thiazole rings is 1. The molecule has 1 unspecified atom stereocenters. The van der Waals surface area contributed by atoms with E-state index in [-0.39, 0.29) is 17.5 Å². The number of thioether (sulfide) groups is 1. The van der Waals surface area contributed by atoms with Gasteiger partial charge in [-0.25, -0.2) is 15.1 Å². The zero-order valence-corrected chi connectivity index (χ0v) is 24.3. The summed E-state index contributed by atoms with van der Waals surface area (Å²) in [6.07, 6.45) is -16.0. The predicted octanol–water partition coefficient (Wildman–Crippen LogP) is -5.86. The van der Waals surface area contributed by atoms with Gasteiger partial charge in [-0.05, 0) is 12.2 Å². The van der Waals surface area contributed by atoms with Gasteiger partial charge in [0.1, 0.15) is 54.7 Å². The lowest BCUT2D eigenvalue weighted by Gasteiger charge is -2.45. The molecule has 0 radical (unpaired) electrons. The Balaban J connectivity index is 1.68. The second-order valence-electron chi connectivity index (χ2n) is 9.21. The molecule has 2 fully saturated rings. The molecule has 2 saturated heterocycles. The highest BCUT2D eigenvalue weighted by Crippen LogP contribution is 2.29. The van der Waals surface area contributed by atoms with Gasteiger partial charge >= 0.3 is 0 Å². The van der Waals surface area contributed by atoms with E-state index in [0.717, 1.165) is 0 Å². The number of aliphatic hydroxyl groups is 7. The number of rotatable bonds is 12. The van der Waals surface area contributed by atoms with Gasteiger partial charge in [0.05, 0.1) is 24.7 Å². The minimum absolute atomic E-state index is 0.0570. The number of nitrogens with two attached hydrogens (primary N) is 3. The number of nitrogens with zero attached hydrogens (tertiary/aromatic N) is 3. The Kier molecular flexibility index (Phi) is 12.6. The van der Waals surface area contributed by atoms with Crippen LogP contribution in [0.3, 0.4) is 0 Å². The SMILES string of the molecule is NC(N)=Nc1nc(CCSCC(=NC2O[C@H](CO)[C@@H](O[C@@H]3O[C@H](CO)[C@H](O)[C@H](O)[C@H]3O)[C@H](O)[C@H]2O)NS(N)(=O)=O)cs1. The number of hydrogen-bond donors (Lipinski definition) is 11. The van der Waals surface area contributed by atoms with Crippen molar-refractivity contribution in [3.63, 3.8) is 0 Å². The fraction of sp³-hybridized carbons (Fsp3) is 0.750. The van der Waals surface area contributed by atoms with Crippen molar-refractivity contribution in [1.82, 2.24) is 9.71 Å². The molecule has 0 amide bonds. The van der Waals surface area contributed by atoms with Gasteiger partial charge < -0.3 is 61.4 Å². The molecule has 0 aromatic carbocycles. The van der Waals surface area contributed by atoms with Crippen LogP contribution in [0, 0.1) is 0 Å². The first-order chi connectivity index (χ1) is 19.7. The number of aryl methyl sites for hydroxylation is 1. The van der Waals surface area contributed by atoms with E-state index in [9.17, 15) is 44.2 Å². The van der Waals surface area contributed by atoms with Crippen molar-refractivity contribution >= 4 is 50.2 Å². The van der Waals surface area contributed by atoms with Gasteiger partial charge in [0, 0.05) is 5.38 Å². The summed E-state index contributed by atoms with van der Waals surface area (Å²) in [7, 11) is -4.30. The topological polar surface area (TPSA) is 331 Å². The summed E-state index contributed by atoms with van der Waals surface area (Å²) < 4.78 is 41.8. The molecule has 14 N–H and O–H groups in total. The van der Waals surface area contributed by atoms with Crippen LogP contribution >= 0.6 is 23.1 Å². The fourth-order valence-electron chi connectivity index (χ4n) is 4.01. The highest BCUT2D eigenvalue weighted by atomic mass is 32.2. The molecule has 3 rings (SSSR count). The summed E-state index contributed by atoms with van der Waals surface area (Å²) in [5, 5.41) is 78.2. The molecular weight excluding hydrogens is 626 g/mol.